The minimum Gasteiger partial charge on any atom is -0.456 e. The fourth-order valence-corrected chi connectivity index (χ4v) is 2.47. The molecule has 0 radical (unpaired) electrons. The van der Waals surface area contributed by atoms with Crippen LogP contribution in [-0.2, 0) is 24.3 Å². The molecule has 0 fully saturated rings. The summed E-state index contributed by atoms with van der Waals surface area (Å²) >= 11 is 0. The Balaban J connectivity index is 2.92. The van der Waals surface area contributed by atoms with Crippen molar-refractivity contribution in [2.45, 2.75) is 25.2 Å². The molecule has 8 heteroatoms. The van der Waals surface area contributed by atoms with Gasteiger partial charge in [0.15, 0.2) is 6.61 Å². The van der Waals surface area contributed by atoms with Crippen LogP contribution in [0.4, 0.5) is 5.69 Å². The summed E-state index contributed by atoms with van der Waals surface area (Å²) in [4.78, 5) is 22.8. The van der Waals surface area contributed by atoms with E-state index in [2.05, 4.69) is 5.32 Å². The first kappa shape index (κ1) is 18.1. The predicted molar refractivity (Wildman–Crippen MR) is 81.9 cm³/mol. The molecule has 0 atom stereocenters. The average Bonchev–Trinajstić information content (AvgIpc) is 2.46. The number of anilines is 1. The minimum absolute atomic E-state index is 0.0731. The zero-order valence-corrected chi connectivity index (χ0v) is 13.9. The van der Waals surface area contributed by atoms with Crippen molar-refractivity contribution in [2.24, 2.45) is 0 Å². The van der Waals surface area contributed by atoms with E-state index in [1.54, 1.807) is 19.9 Å². The first-order chi connectivity index (χ1) is 10.2. The highest BCUT2D eigenvalue weighted by Crippen LogP contribution is 2.21. The van der Waals surface area contributed by atoms with Crippen molar-refractivity contribution in [2.75, 3.05) is 26.0 Å². The van der Waals surface area contributed by atoms with Crippen LogP contribution in [0.15, 0.2) is 23.1 Å². The van der Waals surface area contributed by atoms with Gasteiger partial charge in [-0.05, 0) is 24.6 Å². The van der Waals surface area contributed by atoms with Gasteiger partial charge in [-0.1, -0.05) is 13.0 Å². The first-order valence-electron chi connectivity index (χ1n) is 6.67. The number of sulfonamides is 1. The highest BCUT2D eigenvalue weighted by atomic mass is 32.2. The fourth-order valence-electron chi connectivity index (χ4n) is 1.54. The van der Waals surface area contributed by atoms with E-state index in [1.807, 2.05) is 0 Å². The number of nitrogens with one attached hydrogen (secondary N) is 1. The maximum absolute atomic E-state index is 12.1. The Morgan fingerprint density at radius 2 is 1.91 bits per heavy atom. The number of carbonyl (C=O) groups excluding carboxylic acids is 2. The Bertz CT molecular complexity index is 668. The number of hydrogen-bond donors (Lipinski definition) is 1. The molecule has 0 aliphatic rings. The Kier molecular flexibility index (Phi) is 6.07. The van der Waals surface area contributed by atoms with Gasteiger partial charge < -0.3 is 10.1 Å². The molecule has 0 heterocycles. The summed E-state index contributed by atoms with van der Waals surface area (Å²) in [6.45, 7) is 2.95. The summed E-state index contributed by atoms with van der Waals surface area (Å²) in [6, 6.07) is 4.45. The van der Waals surface area contributed by atoms with E-state index in [4.69, 9.17) is 4.74 Å². The van der Waals surface area contributed by atoms with E-state index >= 15 is 0 Å². The van der Waals surface area contributed by atoms with Crippen molar-refractivity contribution in [3.8, 4) is 0 Å². The molecule has 1 N–H and O–H groups in total. The zero-order chi connectivity index (χ0) is 16.9. The van der Waals surface area contributed by atoms with Crippen LogP contribution in [0, 0.1) is 6.92 Å². The molecule has 0 aliphatic carbocycles. The van der Waals surface area contributed by atoms with E-state index in [1.165, 1.54) is 26.2 Å². The lowest BCUT2D eigenvalue weighted by atomic mass is 10.2. The summed E-state index contributed by atoms with van der Waals surface area (Å²) in [6.07, 6.45) is 0.183. The highest BCUT2D eigenvalue weighted by Gasteiger charge is 2.18. The molecular formula is C14H20N2O5S. The Labute approximate surface area is 130 Å². The Hall–Kier alpha value is -1.93. The van der Waals surface area contributed by atoms with Crippen molar-refractivity contribution in [3.05, 3.63) is 23.8 Å². The molecule has 0 bridgehead atoms. The molecule has 1 aromatic rings. The van der Waals surface area contributed by atoms with Gasteiger partial charge in [0, 0.05) is 26.2 Å². The number of carbonyl (C=O) groups is 2. The Morgan fingerprint density at radius 1 is 1.27 bits per heavy atom. The molecule has 1 amide bonds. The van der Waals surface area contributed by atoms with E-state index in [-0.39, 0.29) is 11.3 Å². The number of amides is 1. The molecule has 1 aromatic carbocycles. The number of benzene rings is 1. The van der Waals surface area contributed by atoms with Gasteiger partial charge in [0.25, 0.3) is 5.91 Å². The quantitative estimate of drug-likeness (QED) is 0.790. The molecule has 0 aromatic heterocycles. The van der Waals surface area contributed by atoms with Gasteiger partial charge in [0.05, 0.1) is 4.90 Å². The van der Waals surface area contributed by atoms with Crippen molar-refractivity contribution in [3.63, 3.8) is 0 Å². The molecule has 1 rings (SSSR count). The van der Waals surface area contributed by atoms with Gasteiger partial charge in [0.1, 0.15) is 0 Å². The van der Waals surface area contributed by atoms with Crippen molar-refractivity contribution in [1.29, 1.82) is 0 Å². The summed E-state index contributed by atoms with van der Waals surface area (Å²) < 4.78 is 30.0. The second-order valence-corrected chi connectivity index (χ2v) is 6.98. The molecule has 0 saturated heterocycles. The lowest BCUT2D eigenvalue weighted by molar-refractivity contribution is -0.146. The number of ether oxygens (including phenoxy) is 1. The van der Waals surface area contributed by atoms with Crippen LogP contribution in [0.1, 0.15) is 18.9 Å². The standard InChI is InChI=1S/C14H20N2O5S/c1-5-14(18)21-9-13(17)15-12-8-11(7-6-10(12)2)22(19,20)16(3)4/h6-8H,5,9H2,1-4H3,(H,15,17). The maximum atomic E-state index is 12.1. The highest BCUT2D eigenvalue weighted by molar-refractivity contribution is 7.89. The van der Waals surface area contributed by atoms with Gasteiger partial charge in [0.2, 0.25) is 10.0 Å². The van der Waals surface area contributed by atoms with E-state index < -0.39 is 28.5 Å². The van der Waals surface area contributed by atoms with Gasteiger partial charge in [-0.25, -0.2) is 12.7 Å². The fraction of sp³-hybridized carbons (Fsp3) is 0.429. The SMILES string of the molecule is CCC(=O)OCC(=O)Nc1cc(S(=O)(=O)N(C)C)ccc1C. The summed E-state index contributed by atoms with van der Waals surface area (Å²) in [5.74, 6) is -1.000. The van der Waals surface area contributed by atoms with Crippen molar-refractivity contribution in [1.82, 2.24) is 4.31 Å². The summed E-state index contributed by atoms with van der Waals surface area (Å²) in [7, 11) is -0.729. The lowest BCUT2D eigenvalue weighted by Gasteiger charge is -2.14. The number of aryl methyl sites for hydroxylation is 1. The summed E-state index contributed by atoms with van der Waals surface area (Å²) in [5, 5.41) is 2.54. The predicted octanol–water partition coefficient (Wildman–Crippen LogP) is 1.14. The van der Waals surface area contributed by atoms with Crippen LogP contribution in [0.3, 0.4) is 0 Å². The third-order valence-corrected chi connectivity index (χ3v) is 4.73. The molecular weight excluding hydrogens is 308 g/mol. The van der Waals surface area contributed by atoms with Crippen LogP contribution in [0.2, 0.25) is 0 Å². The smallest absolute Gasteiger partial charge is 0.306 e. The Morgan fingerprint density at radius 3 is 2.45 bits per heavy atom. The topological polar surface area (TPSA) is 92.8 Å². The molecule has 22 heavy (non-hydrogen) atoms. The number of rotatable bonds is 6. The van der Waals surface area contributed by atoms with Gasteiger partial charge >= 0.3 is 5.97 Å². The number of nitrogens with zero attached hydrogens (tertiary/aromatic N) is 1. The normalized spacial score (nSPS) is 11.3. The van der Waals surface area contributed by atoms with Gasteiger partial charge in [-0.2, -0.15) is 0 Å². The molecule has 7 nitrogen and oxygen atoms in total. The van der Waals surface area contributed by atoms with E-state index in [0.717, 1.165) is 4.31 Å². The van der Waals surface area contributed by atoms with Crippen LogP contribution >= 0.6 is 0 Å². The van der Waals surface area contributed by atoms with Crippen LogP contribution in [0.5, 0.6) is 0 Å². The monoisotopic (exact) mass is 328 g/mol. The number of hydrogen-bond acceptors (Lipinski definition) is 5. The molecule has 0 spiro atoms. The van der Waals surface area contributed by atoms with Crippen molar-refractivity contribution < 1.29 is 22.7 Å². The maximum Gasteiger partial charge on any atom is 0.306 e. The van der Waals surface area contributed by atoms with Crippen LogP contribution < -0.4 is 5.32 Å². The molecule has 0 aliphatic heterocycles. The van der Waals surface area contributed by atoms with E-state index in [0.29, 0.717) is 11.3 Å². The second-order valence-electron chi connectivity index (χ2n) is 4.83. The first-order valence-corrected chi connectivity index (χ1v) is 8.11. The van der Waals surface area contributed by atoms with Crippen LogP contribution in [-0.4, -0.2) is 45.3 Å². The number of esters is 1. The second kappa shape index (κ2) is 7.37. The average molecular weight is 328 g/mol. The molecule has 0 saturated carbocycles. The van der Waals surface area contributed by atoms with Crippen molar-refractivity contribution >= 4 is 27.6 Å². The molecule has 0 unspecified atom stereocenters. The molecule has 122 valence electrons. The third-order valence-electron chi connectivity index (χ3n) is 2.91. The zero-order valence-electron chi connectivity index (χ0n) is 13.0. The largest absolute Gasteiger partial charge is 0.456 e. The third kappa shape index (κ3) is 4.54. The van der Waals surface area contributed by atoms with Gasteiger partial charge in [-0.3, -0.25) is 9.59 Å². The summed E-state index contributed by atoms with van der Waals surface area (Å²) in [5.41, 5.74) is 1.06. The minimum atomic E-state index is -3.58. The lowest BCUT2D eigenvalue weighted by Crippen LogP contribution is -2.23. The van der Waals surface area contributed by atoms with Crippen LogP contribution in [0.25, 0.3) is 0 Å². The van der Waals surface area contributed by atoms with Gasteiger partial charge in [-0.15, -0.1) is 0 Å². The van der Waals surface area contributed by atoms with E-state index in [9.17, 15) is 18.0 Å².